The Morgan fingerprint density at radius 3 is 1.00 bits per heavy atom. The van der Waals surface area contributed by atoms with Crippen molar-refractivity contribution in [3.63, 3.8) is 0 Å². The highest BCUT2D eigenvalue weighted by Gasteiger charge is 2.06. The first kappa shape index (κ1) is 18.3. The summed E-state index contributed by atoms with van der Waals surface area (Å²) < 4.78 is 20.3. The van der Waals surface area contributed by atoms with Gasteiger partial charge in [-0.15, -0.1) is 0 Å². The van der Waals surface area contributed by atoms with Gasteiger partial charge < -0.3 is 18.9 Å². The van der Waals surface area contributed by atoms with Crippen LogP contribution in [0, 0.1) is 0 Å². The molecule has 2 rings (SSSR count). The van der Waals surface area contributed by atoms with E-state index in [2.05, 4.69) is 0 Å². The maximum Gasteiger partial charge on any atom is 0.183 e. The van der Waals surface area contributed by atoms with E-state index in [0.717, 1.165) is 11.1 Å². The minimum atomic E-state index is -0.240. The second kappa shape index (κ2) is 10.9. The first-order valence-corrected chi connectivity index (χ1v) is 6.97. The Morgan fingerprint density at radius 1 is 0.500 bits per heavy atom. The summed E-state index contributed by atoms with van der Waals surface area (Å²) >= 11 is 0. The molecule has 0 aliphatic rings. The standard InChI is InChI=1S/2C9H12O2/c2*1-10-9(11-2)8-6-4-3-5-7-8/h2*3-7,9H,1-2H3. The summed E-state index contributed by atoms with van der Waals surface area (Å²) in [6.07, 6.45) is -0.479. The molecule has 0 unspecified atom stereocenters. The maximum atomic E-state index is 5.06. The van der Waals surface area contributed by atoms with Crippen molar-refractivity contribution in [3.8, 4) is 0 Å². The average molecular weight is 304 g/mol. The molecule has 0 aromatic heterocycles. The Bertz CT molecular complexity index is 431. The number of rotatable bonds is 6. The van der Waals surface area contributed by atoms with Gasteiger partial charge in [-0.2, -0.15) is 0 Å². The molecular weight excluding hydrogens is 280 g/mol. The zero-order chi connectivity index (χ0) is 16.2. The highest BCUT2D eigenvalue weighted by Crippen LogP contribution is 2.16. The van der Waals surface area contributed by atoms with Gasteiger partial charge in [0, 0.05) is 39.6 Å². The molecule has 4 heteroatoms. The molecule has 0 heterocycles. The lowest BCUT2D eigenvalue weighted by Crippen LogP contribution is -2.02. The van der Waals surface area contributed by atoms with Crippen molar-refractivity contribution in [1.29, 1.82) is 0 Å². The van der Waals surface area contributed by atoms with Crippen LogP contribution >= 0.6 is 0 Å². The highest BCUT2D eigenvalue weighted by molar-refractivity contribution is 5.16. The molecule has 0 saturated carbocycles. The normalized spacial score (nSPS) is 10.5. The largest absolute Gasteiger partial charge is 0.352 e. The molecule has 4 nitrogen and oxygen atoms in total. The number of hydrogen-bond donors (Lipinski definition) is 0. The van der Waals surface area contributed by atoms with Crippen molar-refractivity contribution in [3.05, 3.63) is 71.8 Å². The van der Waals surface area contributed by atoms with E-state index in [0.29, 0.717) is 0 Å². The number of hydrogen-bond acceptors (Lipinski definition) is 4. The topological polar surface area (TPSA) is 36.9 Å². The molecule has 0 spiro atoms. The van der Waals surface area contributed by atoms with Crippen LogP contribution in [0.5, 0.6) is 0 Å². The molecule has 120 valence electrons. The summed E-state index contributed by atoms with van der Waals surface area (Å²) in [7, 11) is 6.50. The summed E-state index contributed by atoms with van der Waals surface area (Å²) in [5.74, 6) is 0. The van der Waals surface area contributed by atoms with Crippen LogP contribution in [0.25, 0.3) is 0 Å². The van der Waals surface area contributed by atoms with Crippen LogP contribution in [0.15, 0.2) is 60.7 Å². The van der Waals surface area contributed by atoms with Gasteiger partial charge in [0.25, 0.3) is 0 Å². The average Bonchev–Trinajstić information content (AvgIpc) is 2.60. The fraction of sp³-hybridized carbons (Fsp3) is 0.333. The molecule has 0 amide bonds. The first-order chi connectivity index (χ1) is 10.8. The second-order valence-electron chi connectivity index (χ2n) is 4.43. The van der Waals surface area contributed by atoms with Gasteiger partial charge >= 0.3 is 0 Å². The third kappa shape index (κ3) is 5.95. The first-order valence-electron chi connectivity index (χ1n) is 6.97. The number of ether oxygens (including phenoxy) is 4. The van der Waals surface area contributed by atoms with Crippen LogP contribution in [0.4, 0.5) is 0 Å². The predicted molar refractivity (Wildman–Crippen MR) is 86.4 cm³/mol. The van der Waals surface area contributed by atoms with Gasteiger partial charge in [0.15, 0.2) is 12.6 Å². The van der Waals surface area contributed by atoms with E-state index in [9.17, 15) is 0 Å². The van der Waals surface area contributed by atoms with Crippen LogP contribution in [-0.2, 0) is 18.9 Å². The molecule has 2 aromatic carbocycles. The zero-order valence-electron chi connectivity index (χ0n) is 13.6. The smallest absolute Gasteiger partial charge is 0.183 e. The molecule has 0 radical (unpaired) electrons. The Kier molecular flexibility index (Phi) is 9.11. The van der Waals surface area contributed by atoms with Gasteiger partial charge in [0.1, 0.15) is 0 Å². The monoisotopic (exact) mass is 304 g/mol. The number of methoxy groups -OCH3 is 4. The summed E-state index contributed by atoms with van der Waals surface area (Å²) in [5.41, 5.74) is 2.08. The molecule has 0 saturated heterocycles. The zero-order valence-corrected chi connectivity index (χ0v) is 13.6. The van der Waals surface area contributed by atoms with Gasteiger partial charge in [-0.25, -0.2) is 0 Å². The van der Waals surface area contributed by atoms with Crippen molar-refractivity contribution >= 4 is 0 Å². The summed E-state index contributed by atoms with van der Waals surface area (Å²) in [6, 6.07) is 19.6. The van der Waals surface area contributed by atoms with Crippen molar-refractivity contribution in [1.82, 2.24) is 0 Å². The fourth-order valence-electron chi connectivity index (χ4n) is 1.96. The van der Waals surface area contributed by atoms with Crippen molar-refractivity contribution in [2.75, 3.05) is 28.4 Å². The summed E-state index contributed by atoms with van der Waals surface area (Å²) in [6.45, 7) is 0. The van der Waals surface area contributed by atoms with E-state index in [1.165, 1.54) is 0 Å². The lowest BCUT2D eigenvalue weighted by molar-refractivity contribution is -0.106. The molecule has 2 aromatic rings. The van der Waals surface area contributed by atoms with Gasteiger partial charge in [-0.3, -0.25) is 0 Å². The fourth-order valence-corrected chi connectivity index (χ4v) is 1.96. The minimum Gasteiger partial charge on any atom is -0.352 e. The second-order valence-corrected chi connectivity index (χ2v) is 4.43. The van der Waals surface area contributed by atoms with Gasteiger partial charge in [-0.05, 0) is 0 Å². The molecular formula is C18H24O4. The van der Waals surface area contributed by atoms with Gasteiger partial charge in [-0.1, -0.05) is 60.7 Å². The molecule has 0 bridgehead atoms. The Morgan fingerprint density at radius 2 is 0.773 bits per heavy atom. The van der Waals surface area contributed by atoms with Crippen LogP contribution in [0.1, 0.15) is 23.7 Å². The predicted octanol–water partition coefficient (Wildman–Crippen LogP) is 3.96. The quantitative estimate of drug-likeness (QED) is 0.757. The van der Waals surface area contributed by atoms with Crippen LogP contribution in [-0.4, -0.2) is 28.4 Å². The molecule has 22 heavy (non-hydrogen) atoms. The van der Waals surface area contributed by atoms with Crippen molar-refractivity contribution in [2.24, 2.45) is 0 Å². The van der Waals surface area contributed by atoms with Crippen molar-refractivity contribution < 1.29 is 18.9 Å². The van der Waals surface area contributed by atoms with E-state index in [1.54, 1.807) is 28.4 Å². The number of benzene rings is 2. The van der Waals surface area contributed by atoms with Crippen molar-refractivity contribution in [2.45, 2.75) is 12.6 Å². The van der Waals surface area contributed by atoms with Crippen LogP contribution in [0.2, 0.25) is 0 Å². The molecule has 0 aliphatic heterocycles. The lowest BCUT2D eigenvalue weighted by Gasteiger charge is -2.12. The molecule has 0 N–H and O–H groups in total. The van der Waals surface area contributed by atoms with E-state index in [1.807, 2.05) is 60.7 Å². The van der Waals surface area contributed by atoms with Gasteiger partial charge in [0.2, 0.25) is 0 Å². The lowest BCUT2D eigenvalue weighted by atomic mass is 10.2. The Labute approximate surface area is 132 Å². The molecule has 0 atom stereocenters. The summed E-state index contributed by atoms with van der Waals surface area (Å²) in [5, 5.41) is 0. The van der Waals surface area contributed by atoms with E-state index in [-0.39, 0.29) is 12.6 Å². The third-order valence-corrected chi connectivity index (χ3v) is 3.00. The Hall–Kier alpha value is -1.72. The SMILES string of the molecule is COC(OC)c1ccccc1.COC(OC)c1ccccc1. The maximum absolute atomic E-state index is 5.06. The molecule has 0 fully saturated rings. The molecule has 0 aliphatic carbocycles. The van der Waals surface area contributed by atoms with E-state index < -0.39 is 0 Å². The Balaban J connectivity index is 0.000000220. The van der Waals surface area contributed by atoms with Gasteiger partial charge in [0.05, 0.1) is 0 Å². The third-order valence-electron chi connectivity index (χ3n) is 3.00. The van der Waals surface area contributed by atoms with E-state index in [4.69, 9.17) is 18.9 Å². The van der Waals surface area contributed by atoms with Crippen LogP contribution < -0.4 is 0 Å². The summed E-state index contributed by atoms with van der Waals surface area (Å²) in [4.78, 5) is 0. The minimum absolute atomic E-state index is 0.240. The van der Waals surface area contributed by atoms with E-state index >= 15 is 0 Å². The van der Waals surface area contributed by atoms with Crippen LogP contribution in [0.3, 0.4) is 0 Å². The highest BCUT2D eigenvalue weighted by atomic mass is 16.7.